The van der Waals surface area contributed by atoms with Gasteiger partial charge < -0.3 is 9.52 Å². The minimum atomic E-state index is 0.162. The number of phenols is 1. The Kier molecular flexibility index (Phi) is 3.12. The van der Waals surface area contributed by atoms with Crippen LogP contribution in [0.4, 0.5) is 5.82 Å². The Hall–Kier alpha value is -3.41. The van der Waals surface area contributed by atoms with Crippen LogP contribution in [0.15, 0.2) is 64.4 Å². The van der Waals surface area contributed by atoms with Gasteiger partial charge in [-0.15, -0.1) is 0 Å². The molecule has 0 spiro atoms. The Labute approximate surface area is 131 Å². The van der Waals surface area contributed by atoms with Crippen molar-refractivity contribution in [2.24, 2.45) is 5.10 Å². The summed E-state index contributed by atoms with van der Waals surface area (Å²) < 4.78 is 5.80. The van der Waals surface area contributed by atoms with Gasteiger partial charge in [0.25, 0.3) is 0 Å². The second-order valence-corrected chi connectivity index (χ2v) is 4.93. The van der Waals surface area contributed by atoms with Crippen LogP contribution in [0.3, 0.4) is 0 Å². The highest BCUT2D eigenvalue weighted by molar-refractivity contribution is 6.05. The molecule has 0 aliphatic carbocycles. The quantitative estimate of drug-likeness (QED) is 0.447. The van der Waals surface area contributed by atoms with Crippen molar-refractivity contribution in [2.75, 3.05) is 5.43 Å². The van der Waals surface area contributed by atoms with E-state index in [4.69, 9.17) is 4.42 Å². The normalized spacial score (nSPS) is 11.5. The molecule has 4 rings (SSSR count). The number of phenolic OH excluding ortho intramolecular Hbond substituents is 1. The third-order valence-corrected chi connectivity index (χ3v) is 3.47. The molecule has 0 bridgehead atoms. The van der Waals surface area contributed by atoms with Gasteiger partial charge in [0.2, 0.25) is 0 Å². The van der Waals surface area contributed by atoms with Gasteiger partial charge in [0, 0.05) is 10.9 Å². The van der Waals surface area contributed by atoms with Gasteiger partial charge in [-0.3, -0.25) is 5.43 Å². The van der Waals surface area contributed by atoms with Crippen LogP contribution in [0.5, 0.6) is 5.75 Å². The maximum atomic E-state index is 9.71. The highest BCUT2D eigenvalue weighted by atomic mass is 16.3. The van der Waals surface area contributed by atoms with Crippen molar-refractivity contribution in [1.82, 2.24) is 9.97 Å². The van der Waals surface area contributed by atoms with E-state index in [0.29, 0.717) is 17.0 Å². The third-order valence-electron chi connectivity index (χ3n) is 3.47. The van der Waals surface area contributed by atoms with E-state index in [1.807, 2.05) is 30.3 Å². The molecular weight excluding hydrogens is 292 g/mol. The van der Waals surface area contributed by atoms with Crippen LogP contribution in [-0.4, -0.2) is 21.3 Å². The van der Waals surface area contributed by atoms with E-state index in [0.717, 1.165) is 16.5 Å². The van der Waals surface area contributed by atoms with E-state index in [2.05, 4.69) is 20.5 Å². The average Bonchev–Trinajstić information content (AvgIpc) is 2.96. The van der Waals surface area contributed by atoms with Gasteiger partial charge >= 0.3 is 0 Å². The highest BCUT2D eigenvalue weighted by Crippen LogP contribution is 2.30. The van der Waals surface area contributed by atoms with Crippen LogP contribution >= 0.6 is 0 Å². The van der Waals surface area contributed by atoms with Crippen LogP contribution in [0, 0.1) is 0 Å². The average molecular weight is 304 g/mol. The number of furan rings is 1. The summed E-state index contributed by atoms with van der Waals surface area (Å²) in [5.74, 6) is 0.632. The van der Waals surface area contributed by atoms with Crippen molar-refractivity contribution >= 4 is 34.1 Å². The molecule has 0 saturated heterocycles. The van der Waals surface area contributed by atoms with Crippen molar-refractivity contribution in [3.8, 4) is 5.75 Å². The highest BCUT2D eigenvalue weighted by Gasteiger charge is 2.12. The number of benzene rings is 2. The van der Waals surface area contributed by atoms with E-state index in [1.54, 1.807) is 18.2 Å². The molecule has 0 aliphatic rings. The molecule has 6 heteroatoms. The predicted molar refractivity (Wildman–Crippen MR) is 88.6 cm³/mol. The second kappa shape index (κ2) is 5.42. The summed E-state index contributed by atoms with van der Waals surface area (Å²) in [5.41, 5.74) is 5.47. The third kappa shape index (κ3) is 2.36. The Balaban J connectivity index is 1.71. The molecule has 2 N–H and O–H groups in total. The summed E-state index contributed by atoms with van der Waals surface area (Å²) in [4.78, 5) is 8.44. The van der Waals surface area contributed by atoms with E-state index < -0.39 is 0 Å². The molecule has 2 aromatic carbocycles. The van der Waals surface area contributed by atoms with E-state index >= 15 is 0 Å². The maximum absolute atomic E-state index is 9.71. The molecule has 2 aromatic heterocycles. The van der Waals surface area contributed by atoms with Gasteiger partial charge in [-0.25, -0.2) is 9.97 Å². The molecular formula is C17H12N4O2. The molecule has 0 unspecified atom stereocenters. The Morgan fingerprint density at radius 2 is 1.87 bits per heavy atom. The monoisotopic (exact) mass is 304 g/mol. The Bertz CT molecular complexity index is 1020. The summed E-state index contributed by atoms with van der Waals surface area (Å²) in [7, 11) is 0. The summed E-state index contributed by atoms with van der Waals surface area (Å²) >= 11 is 0. The minimum absolute atomic E-state index is 0.162. The van der Waals surface area contributed by atoms with Gasteiger partial charge in [-0.05, 0) is 24.3 Å². The first kappa shape index (κ1) is 13.3. The lowest BCUT2D eigenvalue weighted by Crippen LogP contribution is -1.94. The largest absolute Gasteiger partial charge is 0.507 e. The van der Waals surface area contributed by atoms with Crippen LogP contribution < -0.4 is 5.43 Å². The van der Waals surface area contributed by atoms with Crippen molar-refractivity contribution in [2.45, 2.75) is 0 Å². The van der Waals surface area contributed by atoms with Gasteiger partial charge in [-0.1, -0.05) is 24.3 Å². The molecule has 4 aromatic rings. The van der Waals surface area contributed by atoms with Crippen LogP contribution in [0.2, 0.25) is 0 Å². The summed E-state index contributed by atoms with van der Waals surface area (Å²) in [5, 5.41) is 14.7. The second-order valence-electron chi connectivity index (χ2n) is 4.93. The molecule has 0 saturated carbocycles. The maximum Gasteiger partial charge on any atom is 0.197 e. The lowest BCUT2D eigenvalue weighted by Gasteiger charge is -2.00. The molecule has 0 radical (unpaired) electrons. The number of para-hydroxylation sites is 2. The van der Waals surface area contributed by atoms with Crippen molar-refractivity contribution in [3.63, 3.8) is 0 Å². The van der Waals surface area contributed by atoms with Crippen molar-refractivity contribution in [1.29, 1.82) is 0 Å². The first-order valence-corrected chi connectivity index (χ1v) is 7.02. The van der Waals surface area contributed by atoms with Crippen molar-refractivity contribution < 1.29 is 9.52 Å². The molecule has 0 fully saturated rings. The lowest BCUT2D eigenvalue weighted by atomic mass is 10.2. The number of aromatic hydroxyl groups is 1. The number of nitrogens with one attached hydrogen (secondary N) is 1. The molecule has 2 heterocycles. The number of anilines is 1. The van der Waals surface area contributed by atoms with Gasteiger partial charge in [0.05, 0.1) is 6.21 Å². The van der Waals surface area contributed by atoms with Gasteiger partial charge in [0.1, 0.15) is 23.2 Å². The Morgan fingerprint density at radius 1 is 1.04 bits per heavy atom. The lowest BCUT2D eigenvalue weighted by molar-refractivity contribution is 0.474. The predicted octanol–water partition coefficient (Wildman–Crippen LogP) is 3.53. The fourth-order valence-corrected chi connectivity index (χ4v) is 2.36. The fraction of sp³-hybridized carbons (Fsp3) is 0. The SMILES string of the molecule is Oc1ccccc1/C=N/Nc1ncnc2c1oc1ccccc12. The van der Waals surface area contributed by atoms with Crippen LogP contribution in [-0.2, 0) is 0 Å². The number of nitrogens with zero attached hydrogens (tertiary/aromatic N) is 3. The zero-order valence-corrected chi connectivity index (χ0v) is 12.0. The topological polar surface area (TPSA) is 83.5 Å². The van der Waals surface area contributed by atoms with Gasteiger partial charge in [0.15, 0.2) is 11.4 Å². The number of fused-ring (bicyclic) bond motifs is 3. The van der Waals surface area contributed by atoms with Crippen LogP contribution in [0.25, 0.3) is 22.1 Å². The molecule has 23 heavy (non-hydrogen) atoms. The number of hydrogen-bond acceptors (Lipinski definition) is 6. The van der Waals surface area contributed by atoms with E-state index in [-0.39, 0.29) is 5.75 Å². The summed E-state index contributed by atoms with van der Waals surface area (Å²) in [6, 6.07) is 14.6. The van der Waals surface area contributed by atoms with Crippen molar-refractivity contribution in [3.05, 3.63) is 60.4 Å². The summed E-state index contributed by atoms with van der Waals surface area (Å²) in [6.45, 7) is 0. The minimum Gasteiger partial charge on any atom is -0.507 e. The number of hydrazone groups is 1. The molecule has 0 amide bonds. The smallest absolute Gasteiger partial charge is 0.197 e. The first-order chi connectivity index (χ1) is 11.3. The first-order valence-electron chi connectivity index (χ1n) is 7.02. The van der Waals surface area contributed by atoms with Gasteiger partial charge in [-0.2, -0.15) is 5.10 Å². The fourth-order valence-electron chi connectivity index (χ4n) is 2.36. The number of rotatable bonds is 3. The molecule has 0 aliphatic heterocycles. The zero-order chi connectivity index (χ0) is 15.6. The summed E-state index contributed by atoms with van der Waals surface area (Å²) in [6.07, 6.45) is 2.98. The molecule has 0 atom stereocenters. The standard InChI is InChI=1S/C17H12N4O2/c22-13-7-3-1-5-11(13)9-20-21-17-16-15(18-10-19-17)12-6-2-4-8-14(12)23-16/h1-10,22H,(H,18,19,21)/b20-9+. The number of hydrogen-bond donors (Lipinski definition) is 2. The van der Waals surface area contributed by atoms with E-state index in [9.17, 15) is 5.11 Å². The van der Waals surface area contributed by atoms with E-state index in [1.165, 1.54) is 12.5 Å². The molecule has 6 nitrogen and oxygen atoms in total. The number of aromatic nitrogens is 2. The zero-order valence-electron chi connectivity index (χ0n) is 12.0. The van der Waals surface area contributed by atoms with Crippen LogP contribution in [0.1, 0.15) is 5.56 Å². The molecule has 112 valence electrons. The Morgan fingerprint density at radius 3 is 2.78 bits per heavy atom.